The summed E-state index contributed by atoms with van der Waals surface area (Å²) < 4.78 is 15.9. The van der Waals surface area contributed by atoms with Gasteiger partial charge in [-0.3, -0.25) is 9.63 Å². The van der Waals surface area contributed by atoms with Crippen molar-refractivity contribution in [3.8, 4) is 17.6 Å². The number of fused-ring (bicyclic) bond motifs is 2. The second-order valence-electron chi connectivity index (χ2n) is 7.56. The first-order valence-corrected chi connectivity index (χ1v) is 10.9. The first kappa shape index (κ1) is 23.1. The summed E-state index contributed by atoms with van der Waals surface area (Å²) >= 11 is 0. The molecule has 2 N–H and O–H groups in total. The Kier molecular flexibility index (Phi) is 6.94. The van der Waals surface area contributed by atoms with E-state index in [0.29, 0.717) is 71.3 Å². The fraction of sp³-hybridized carbons (Fsp3) is 0.333. The van der Waals surface area contributed by atoms with Gasteiger partial charge in [0.05, 0.1) is 36.2 Å². The lowest BCUT2D eigenvalue weighted by Crippen LogP contribution is -2.26. The second kappa shape index (κ2) is 10.2. The van der Waals surface area contributed by atoms with Gasteiger partial charge < -0.3 is 19.9 Å². The van der Waals surface area contributed by atoms with Crippen molar-refractivity contribution in [3.05, 3.63) is 47.2 Å². The third-order valence-corrected chi connectivity index (χ3v) is 5.39. The fourth-order valence-electron chi connectivity index (χ4n) is 3.77. The Morgan fingerprint density at radius 3 is 2.82 bits per heavy atom. The first-order chi connectivity index (χ1) is 16.5. The summed E-state index contributed by atoms with van der Waals surface area (Å²) in [6.07, 6.45) is 1.17. The number of rotatable bonds is 9. The van der Waals surface area contributed by atoms with Crippen LogP contribution < -0.4 is 20.3 Å². The molecule has 1 aliphatic rings. The molecule has 2 heterocycles. The number of hydrogen-bond donors (Lipinski definition) is 1. The SMILES string of the molecule is CCOC(=O)CCCN(OC)c1nc(Cc2ccc3c(c2)OCO3)c2c(N)c(C#N)ccc2n1. The molecule has 4 rings (SSSR count). The van der Waals surface area contributed by atoms with Crippen LogP contribution in [0.1, 0.15) is 36.6 Å². The molecule has 0 saturated heterocycles. The maximum atomic E-state index is 11.7. The van der Waals surface area contributed by atoms with Gasteiger partial charge in [0.15, 0.2) is 11.5 Å². The highest BCUT2D eigenvalue weighted by atomic mass is 16.7. The van der Waals surface area contributed by atoms with Crippen LogP contribution in [0, 0.1) is 11.3 Å². The number of nitriles is 1. The van der Waals surface area contributed by atoms with Crippen molar-refractivity contribution in [1.82, 2.24) is 9.97 Å². The van der Waals surface area contributed by atoms with E-state index >= 15 is 0 Å². The number of hydroxylamine groups is 1. The van der Waals surface area contributed by atoms with Crippen molar-refractivity contribution in [2.45, 2.75) is 26.2 Å². The number of carbonyl (C=O) groups is 1. The molecule has 10 heteroatoms. The van der Waals surface area contributed by atoms with Crippen LogP contribution in [0.3, 0.4) is 0 Å². The van der Waals surface area contributed by atoms with E-state index in [9.17, 15) is 10.1 Å². The molecule has 0 radical (unpaired) electrons. The molecule has 10 nitrogen and oxygen atoms in total. The van der Waals surface area contributed by atoms with Crippen LogP contribution in [-0.2, 0) is 20.8 Å². The number of anilines is 2. The van der Waals surface area contributed by atoms with E-state index in [2.05, 4.69) is 11.1 Å². The molecule has 0 spiro atoms. The first-order valence-electron chi connectivity index (χ1n) is 10.9. The van der Waals surface area contributed by atoms with Crippen LogP contribution in [0.2, 0.25) is 0 Å². The van der Waals surface area contributed by atoms with Crippen LogP contribution in [0.4, 0.5) is 11.6 Å². The van der Waals surface area contributed by atoms with Crippen molar-refractivity contribution in [2.24, 2.45) is 0 Å². The van der Waals surface area contributed by atoms with E-state index in [0.717, 1.165) is 5.56 Å². The third kappa shape index (κ3) is 4.79. The third-order valence-electron chi connectivity index (χ3n) is 5.39. The van der Waals surface area contributed by atoms with Crippen molar-refractivity contribution >= 4 is 28.5 Å². The molecule has 0 amide bonds. The Labute approximate surface area is 196 Å². The molecule has 1 aromatic heterocycles. The number of nitrogens with zero attached hydrogens (tertiary/aromatic N) is 4. The van der Waals surface area contributed by atoms with Gasteiger partial charge >= 0.3 is 5.97 Å². The Balaban J connectivity index is 1.69. The van der Waals surface area contributed by atoms with E-state index < -0.39 is 0 Å². The van der Waals surface area contributed by atoms with Crippen LogP contribution >= 0.6 is 0 Å². The van der Waals surface area contributed by atoms with Crippen LogP contribution in [0.5, 0.6) is 11.5 Å². The van der Waals surface area contributed by atoms with E-state index in [-0.39, 0.29) is 19.2 Å². The van der Waals surface area contributed by atoms with Gasteiger partial charge in [0.2, 0.25) is 6.79 Å². The maximum absolute atomic E-state index is 11.7. The molecule has 0 saturated carbocycles. The molecule has 0 aliphatic carbocycles. The van der Waals surface area contributed by atoms with Crippen molar-refractivity contribution < 1.29 is 23.8 Å². The highest BCUT2D eigenvalue weighted by Crippen LogP contribution is 2.34. The summed E-state index contributed by atoms with van der Waals surface area (Å²) in [5, 5.41) is 11.6. The molecule has 1 aliphatic heterocycles. The van der Waals surface area contributed by atoms with Gasteiger partial charge in [-0.25, -0.2) is 15.0 Å². The monoisotopic (exact) mass is 463 g/mol. The number of nitrogens with two attached hydrogens (primary N) is 1. The van der Waals surface area contributed by atoms with Gasteiger partial charge in [-0.05, 0) is 43.2 Å². The van der Waals surface area contributed by atoms with Gasteiger partial charge in [-0.15, -0.1) is 0 Å². The van der Waals surface area contributed by atoms with E-state index in [1.165, 1.54) is 12.2 Å². The van der Waals surface area contributed by atoms with Gasteiger partial charge in [0.1, 0.15) is 6.07 Å². The molecular weight excluding hydrogens is 438 g/mol. The Bertz CT molecular complexity index is 1260. The van der Waals surface area contributed by atoms with E-state index in [1.807, 2.05) is 18.2 Å². The zero-order valence-corrected chi connectivity index (χ0v) is 19.0. The summed E-state index contributed by atoms with van der Waals surface area (Å²) in [6, 6.07) is 11.2. The molecule has 2 aromatic carbocycles. The smallest absolute Gasteiger partial charge is 0.305 e. The number of carbonyl (C=O) groups excluding carboxylic acids is 1. The van der Waals surface area contributed by atoms with E-state index in [1.54, 1.807) is 19.1 Å². The molecular formula is C24H25N5O5. The molecule has 0 atom stereocenters. The Morgan fingerprint density at radius 2 is 2.06 bits per heavy atom. The Hall–Kier alpha value is -4.10. The van der Waals surface area contributed by atoms with E-state index in [4.69, 9.17) is 29.8 Å². The highest BCUT2D eigenvalue weighted by Gasteiger charge is 2.19. The van der Waals surface area contributed by atoms with Crippen molar-refractivity contribution in [2.75, 3.05) is 37.9 Å². The molecule has 0 fully saturated rings. The average Bonchev–Trinajstić information content (AvgIpc) is 3.30. The van der Waals surface area contributed by atoms with Crippen LogP contribution in [0.15, 0.2) is 30.3 Å². The number of hydrogen-bond acceptors (Lipinski definition) is 10. The number of benzene rings is 2. The summed E-state index contributed by atoms with van der Waals surface area (Å²) in [7, 11) is 1.52. The van der Waals surface area contributed by atoms with Crippen LogP contribution in [-0.4, -0.2) is 43.0 Å². The topological polar surface area (TPSA) is 133 Å². The standard InChI is InChI=1S/C24H25N5O5/c1-3-32-21(30)5-4-10-29(31-2)24-27-17-8-7-16(13-25)23(26)22(17)18(28-24)11-15-6-9-19-20(12-15)34-14-33-19/h6-9,12H,3-5,10-11,14,26H2,1-2H3. The predicted octanol–water partition coefficient (Wildman–Crippen LogP) is 3.11. The minimum Gasteiger partial charge on any atom is -0.466 e. The average molecular weight is 463 g/mol. The minimum absolute atomic E-state index is 0.187. The van der Waals surface area contributed by atoms with Gasteiger partial charge in [-0.2, -0.15) is 5.26 Å². The molecule has 0 unspecified atom stereocenters. The maximum Gasteiger partial charge on any atom is 0.305 e. The van der Waals surface area contributed by atoms with Gasteiger partial charge in [-0.1, -0.05) is 6.07 Å². The lowest BCUT2D eigenvalue weighted by molar-refractivity contribution is -0.143. The normalized spacial score (nSPS) is 11.9. The molecule has 3 aromatic rings. The summed E-state index contributed by atoms with van der Waals surface area (Å²) in [4.78, 5) is 26.6. The number of aromatic nitrogens is 2. The predicted molar refractivity (Wildman–Crippen MR) is 124 cm³/mol. The van der Waals surface area contributed by atoms with Gasteiger partial charge in [0.25, 0.3) is 5.95 Å². The zero-order chi connectivity index (χ0) is 24.1. The molecule has 176 valence electrons. The largest absolute Gasteiger partial charge is 0.466 e. The summed E-state index contributed by atoms with van der Waals surface area (Å²) in [6.45, 7) is 2.69. The second-order valence-corrected chi connectivity index (χ2v) is 7.56. The Morgan fingerprint density at radius 1 is 1.24 bits per heavy atom. The summed E-state index contributed by atoms with van der Waals surface area (Å²) in [5.41, 5.74) is 9.18. The minimum atomic E-state index is -0.265. The highest BCUT2D eigenvalue weighted by molar-refractivity contribution is 5.95. The van der Waals surface area contributed by atoms with Crippen LogP contribution in [0.25, 0.3) is 10.9 Å². The summed E-state index contributed by atoms with van der Waals surface area (Å²) in [5.74, 6) is 1.42. The van der Waals surface area contributed by atoms with Crippen molar-refractivity contribution in [1.29, 1.82) is 5.26 Å². The zero-order valence-electron chi connectivity index (χ0n) is 19.0. The quantitative estimate of drug-likeness (QED) is 0.287. The number of nitrogen functional groups attached to an aromatic ring is 1. The molecule has 34 heavy (non-hydrogen) atoms. The van der Waals surface area contributed by atoms with Crippen molar-refractivity contribution in [3.63, 3.8) is 0 Å². The lowest BCUT2D eigenvalue weighted by Gasteiger charge is -2.21. The number of esters is 1. The number of ether oxygens (including phenoxy) is 3. The van der Waals surface area contributed by atoms with Gasteiger partial charge in [0, 0.05) is 24.8 Å². The fourth-order valence-corrected chi connectivity index (χ4v) is 3.77. The molecule has 0 bridgehead atoms. The lowest BCUT2D eigenvalue weighted by atomic mass is 10.0.